The Balaban J connectivity index is 3.21. The van der Waals surface area contributed by atoms with E-state index in [-0.39, 0.29) is 16.2 Å². The molecule has 1 aromatic rings. The van der Waals surface area contributed by atoms with Crippen molar-refractivity contribution in [3.63, 3.8) is 0 Å². The van der Waals surface area contributed by atoms with Gasteiger partial charge in [0.15, 0.2) is 6.10 Å². The third-order valence-electron chi connectivity index (χ3n) is 2.40. The van der Waals surface area contributed by atoms with Crippen molar-refractivity contribution in [3.8, 4) is 5.75 Å². The number of hydrogen-bond donors (Lipinski definition) is 2. The van der Waals surface area contributed by atoms with Gasteiger partial charge in [-0.15, -0.1) is 0 Å². The molecule has 110 valence electrons. The minimum atomic E-state index is -3.98. The fourth-order valence-electron chi connectivity index (χ4n) is 1.31. The lowest BCUT2D eigenvalue weighted by molar-refractivity contribution is -0.125. The van der Waals surface area contributed by atoms with Gasteiger partial charge in [0.1, 0.15) is 11.3 Å². The maximum atomic E-state index is 11.9. The number of esters is 1. The minimum absolute atomic E-state index is 0.0825. The molecule has 1 aromatic carbocycles. The van der Waals surface area contributed by atoms with E-state index in [1.54, 1.807) is 0 Å². The van der Waals surface area contributed by atoms with Gasteiger partial charge in [0.25, 0.3) is 5.91 Å². The molecule has 1 rings (SSSR count). The van der Waals surface area contributed by atoms with Crippen LogP contribution in [0.4, 0.5) is 0 Å². The van der Waals surface area contributed by atoms with Gasteiger partial charge < -0.3 is 15.2 Å². The topological polar surface area (TPSA) is 139 Å². The molecule has 0 spiro atoms. The van der Waals surface area contributed by atoms with Crippen LogP contribution in [-0.2, 0) is 19.6 Å². The van der Waals surface area contributed by atoms with E-state index in [9.17, 15) is 18.0 Å². The van der Waals surface area contributed by atoms with E-state index < -0.39 is 28.0 Å². The Morgan fingerprint density at radius 2 is 1.90 bits per heavy atom. The van der Waals surface area contributed by atoms with Crippen molar-refractivity contribution in [3.05, 3.63) is 23.8 Å². The van der Waals surface area contributed by atoms with Crippen LogP contribution in [0.2, 0.25) is 0 Å². The van der Waals surface area contributed by atoms with Crippen LogP contribution in [-0.4, -0.2) is 33.5 Å². The van der Waals surface area contributed by atoms with E-state index in [0.717, 1.165) is 6.07 Å². The van der Waals surface area contributed by atoms with Gasteiger partial charge in [0, 0.05) is 0 Å². The number of sulfonamides is 1. The van der Waals surface area contributed by atoms with Crippen LogP contribution in [0.1, 0.15) is 17.3 Å². The minimum Gasteiger partial charge on any atom is -0.496 e. The highest BCUT2D eigenvalue weighted by molar-refractivity contribution is 7.89. The summed E-state index contributed by atoms with van der Waals surface area (Å²) in [7, 11) is -2.69. The number of benzene rings is 1. The molecular formula is C11H14N2O6S. The fourth-order valence-corrected chi connectivity index (χ4v) is 1.85. The molecule has 0 radical (unpaired) electrons. The summed E-state index contributed by atoms with van der Waals surface area (Å²) < 4.78 is 32.2. The summed E-state index contributed by atoms with van der Waals surface area (Å²) in [6.07, 6.45) is -1.16. The van der Waals surface area contributed by atoms with Gasteiger partial charge in [-0.2, -0.15) is 0 Å². The second-order valence-corrected chi connectivity index (χ2v) is 5.42. The molecule has 4 N–H and O–H groups in total. The molecule has 0 saturated heterocycles. The summed E-state index contributed by atoms with van der Waals surface area (Å²) in [5, 5.41) is 4.97. The lowest BCUT2D eigenvalue weighted by Gasteiger charge is -2.12. The smallest absolute Gasteiger partial charge is 0.342 e. The normalized spacial score (nSPS) is 12.6. The first kappa shape index (κ1) is 15.9. The zero-order chi connectivity index (χ0) is 15.5. The molecule has 0 aromatic heterocycles. The molecule has 1 amide bonds. The summed E-state index contributed by atoms with van der Waals surface area (Å²) >= 11 is 0. The lowest BCUT2D eigenvalue weighted by atomic mass is 10.2. The van der Waals surface area contributed by atoms with E-state index in [0.29, 0.717) is 0 Å². The highest BCUT2D eigenvalue weighted by atomic mass is 32.2. The molecule has 20 heavy (non-hydrogen) atoms. The van der Waals surface area contributed by atoms with Crippen molar-refractivity contribution in [1.29, 1.82) is 0 Å². The highest BCUT2D eigenvalue weighted by Crippen LogP contribution is 2.23. The van der Waals surface area contributed by atoms with E-state index in [4.69, 9.17) is 20.3 Å². The van der Waals surface area contributed by atoms with Crippen molar-refractivity contribution in [2.75, 3.05) is 7.11 Å². The molecule has 1 atom stereocenters. The van der Waals surface area contributed by atoms with Gasteiger partial charge in [-0.05, 0) is 25.1 Å². The Kier molecular flexibility index (Phi) is 4.69. The van der Waals surface area contributed by atoms with Crippen molar-refractivity contribution in [1.82, 2.24) is 0 Å². The van der Waals surface area contributed by atoms with E-state index >= 15 is 0 Å². The molecule has 9 heteroatoms. The zero-order valence-corrected chi connectivity index (χ0v) is 11.6. The van der Waals surface area contributed by atoms with Crippen LogP contribution in [0.25, 0.3) is 0 Å². The Labute approximate surface area is 115 Å². The maximum absolute atomic E-state index is 11.9. The van der Waals surface area contributed by atoms with Crippen molar-refractivity contribution < 1.29 is 27.5 Å². The maximum Gasteiger partial charge on any atom is 0.342 e. The molecule has 0 saturated carbocycles. The number of ether oxygens (including phenoxy) is 2. The van der Waals surface area contributed by atoms with Crippen LogP contribution in [0.5, 0.6) is 5.75 Å². The highest BCUT2D eigenvalue weighted by Gasteiger charge is 2.21. The number of carbonyl (C=O) groups is 2. The predicted molar refractivity (Wildman–Crippen MR) is 68.4 cm³/mol. The number of hydrogen-bond acceptors (Lipinski definition) is 6. The van der Waals surface area contributed by atoms with Crippen LogP contribution < -0.4 is 15.6 Å². The first-order chi connectivity index (χ1) is 9.16. The van der Waals surface area contributed by atoms with Crippen molar-refractivity contribution in [2.45, 2.75) is 17.9 Å². The average molecular weight is 302 g/mol. The lowest BCUT2D eigenvalue weighted by Crippen LogP contribution is -2.30. The van der Waals surface area contributed by atoms with Crippen molar-refractivity contribution >= 4 is 21.9 Å². The molecule has 0 aliphatic rings. The van der Waals surface area contributed by atoms with E-state index in [2.05, 4.69) is 0 Å². The number of carbonyl (C=O) groups excluding carboxylic acids is 2. The second-order valence-electron chi connectivity index (χ2n) is 3.86. The average Bonchev–Trinajstić information content (AvgIpc) is 2.36. The van der Waals surface area contributed by atoms with Gasteiger partial charge >= 0.3 is 5.97 Å². The van der Waals surface area contributed by atoms with E-state index in [1.165, 1.54) is 26.2 Å². The number of nitrogens with two attached hydrogens (primary N) is 2. The Bertz CT molecular complexity index is 640. The Hall–Kier alpha value is -2.13. The molecule has 0 unspecified atom stereocenters. The van der Waals surface area contributed by atoms with Crippen LogP contribution >= 0.6 is 0 Å². The Morgan fingerprint density at radius 1 is 1.30 bits per heavy atom. The predicted octanol–water partition coefficient (Wildman–Crippen LogP) is -0.627. The number of amides is 1. The molecule has 0 aliphatic heterocycles. The standard InChI is InChI=1S/C11H14N2O6S/c1-6(10(12)14)19-11(15)8-5-7(20(13,16)17)3-4-9(8)18-2/h3-6H,1-2H3,(H2,12,14)(H2,13,16,17)/t6-/m0/s1. The third kappa shape index (κ3) is 3.68. The summed E-state index contributed by atoms with van der Waals surface area (Å²) in [6, 6.07) is 3.44. The first-order valence-electron chi connectivity index (χ1n) is 5.38. The van der Waals surface area contributed by atoms with Crippen LogP contribution in [0.15, 0.2) is 23.1 Å². The fraction of sp³-hybridized carbons (Fsp3) is 0.273. The quantitative estimate of drug-likeness (QED) is 0.694. The van der Waals surface area contributed by atoms with Gasteiger partial charge in [0.05, 0.1) is 12.0 Å². The molecular weight excluding hydrogens is 288 g/mol. The number of rotatable bonds is 5. The largest absolute Gasteiger partial charge is 0.496 e. The number of methoxy groups -OCH3 is 1. The van der Waals surface area contributed by atoms with Crippen LogP contribution in [0, 0.1) is 0 Å². The summed E-state index contributed by atoms with van der Waals surface area (Å²) in [4.78, 5) is 22.4. The number of primary amides is 1. The second kappa shape index (κ2) is 5.88. The Morgan fingerprint density at radius 3 is 2.35 bits per heavy atom. The zero-order valence-electron chi connectivity index (χ0n) is 10.8. The van der Waals surface area contributed by atoms with Crippen molar-refractivity contribution in [2.24, 2.45) is 10.9 Å². The summed E-state index contributed by atoms with van der Waals surface area (Å²) in [5.74, 6) is -1.70. The number of primary sulfonamides is 1. The molecule has 0 bridgehead atoms. The third-order valence-corrected chi connectivity index (χ3v) is 3.31. The summed E-state index contributed by atoms with van der Waals surface area (Å²) in [6.45, 7) is 1.29. The van der Waals surface area contributed by atoms with Crippen LogP contribution in [0.3, 0.4) is 0 Å². The molecule has 8 nitrogen and oxygen atoms in total. The SMILES string of the molecule is COc1ccc(S(N)(=O)=O)cc1C(=O)O[C@@H](C)C(N)=O. The van der Waals surface area contributed by atoms with Gasteiger partial charge in [-0.3, -0.25) is 4.79 Å². The molecule has 0 heterocycles. The monoisotopic (exact) mass is 302 g/mol. The molecule has 0 aliphatic carbocycles. The first-order valence-corrected chi connectivity index (χ1v) is 6.92. The van der Waals surface area contributed by atoms with Gasteiger partial charge in [-0.25, -0.2) is 18.4 Å². The van der Waals surface area contributed by atoms with Gasteiger partial charge in [0.2, 0.25) is 10.0 Å². The summed E-state index contributed by atoms with van der Waals surface area (Å²) in [5.41, 5.74) is 4.79. The molecule has 0 fully saturated rings. The van der Waals surface area contributed by atoms with E-state index in [1.807, 2.05) is 0 Å². The van der Waals surface area contributed by atoms with Gasteiger partial charge in [-0.1, -0.05) is 0 Å².